The summed E-state index contributed by atoms with van der Waals surface area (Å²) in [6, 6.07) is 8.40. The van der Waals surface area contributed by atoms with Gasteiger partial charge in [0.05, 0.1) is 11.3 Å². The van der Waals surface area contributed by atoms with Crippen molar-refractivity contribution in [2.24, 2.45) is 0 Å². The van der Waals surface area contributed by atoms with Gasteiger partial charge in [-0.2, -0.15) is 0 Å². The van der Waals surface area contributed by atoms with Gasteiger partial charge in [-0.05, 0) is 30.9 Å². The van der Waals surface area contributed by atoms with E-state index in [0.29, 0.717) is 12.1 Å². The zero-order valence-corrected chi connectivity index (χ0v) is 20.3. The summed E-state index contributed by atoms with van der Waals surface area (Å²) in [6.45, 7) is 15.2. The Balaban J connectivity index is 1.69. The van der Waals surface area contributed by atoms with Gasteiger partial charge in [-0.1, -0.05) is 45.0 Å². The summed E-state index contributed by atoms with van der Waals surface area (Å²) in [4.78, 5) is 27.2. The van der Waals surface area contributed by atoms with Crippen LogP contribution < -0.4 is 5.32 Å². The lowest BCUT2D eigenvalue weighted by molar-refractivity contribution is 0.0945. The first-order valence-electron chi connectivity index (χ1n) is 11.1. The Morgan fingerprint density at radius 1 is 1.10 bits per heavy atom. The number of aromatic nitrogens is 2. The van der Waals surface area contributed by atoms with Crippen molar-refractivity contribution in [3.05, 3.63) is 52.5 Å². The van der Waals surface area contributed by atoms with Crippen LogP contribution in [0.1, 0.15) is 59.7 Å². The van der Waals surface area contributed by atoms with Crippen LogP contribution in [0.5, 0.6) is 0 Å². The highest BCUT2D eigenvalue weighted by molar-refractivity contribution is 7.98. The third-order valence-corrected chi connectivity index (χ3v) is 6.56. The normalized spacial score (nSPS) is 15.4. The van der Waals surface area contributed by atoms with E-state index in [-0.39, 0.29) is 11.8 Å². The third kappa shape index (κ3) is 6.05. The minimum Gasteiger partial charge on any atom is -0.348 e. The fraction of sp³-hybridized carbons (Fsp3) is 0.542. The summed E-state index contributed by atoms with van der Waals surface area (Å²) >= 11 is 1.50. The van der Waals surface area contributed by atoms with Gasteiger partial charge in [-0.3, -0.25) is 9.69 Å². The number of thioether (sulfide) groups is 1. The van der Waals surface area contributed by atoms with E-state index in [2.05, 4.69) is 64.1 Å². The number of hydrogen-bond acceptors (Lipinski definition) is 6. The molecular weight excluding hydrogens is 406 g/mol. The van der Waals surface area contributed by atoms with Crippen LogP contribution in [-0.2, 0) is 13.1 Å². The summed E-state index contributed by atoms with van der Waals surface area (Å²) in [5.74, 6) is 0.906. The molecule has 0 atom stereocenters. The molecule has 1 N–H and O–H groups in total. The van der Waals surface area contributed by atoms with E-state index in [1.165, 1.54) is 17.3 Å². The topological polar surface area (TPSA) is 61.4 Å². The van der Waals surface area contributed by atoms with E-state index >= 15 is 0 Å². The molecule has 1 aliphatic heterocycles. The molecule has 1 aliphatic rings. The number of piperazine rings is 1. The molecule has 1 aromatic heterocycles. The Labute approximate surface area is 190 Å². The van der Waals surface area contributed by atoms with Gasteiger partial charge in [0.2, 0.25) is 0 Å². The smallest absolute Gasteiger partial charge is 0.256 e. The standard InChI is InChI=1S/C24H35N5OS/c1-6-28-11-13-29(14-12-28)16-20-10-8-7-9-19(20)15-25-23(30)21-18(4)26-22(17(2)3)27-24(21)31-5/h7-10,17H,6,11-16H2,1-5H3,(H,25,30). The number of nitrogens with one attached hydrogen (secondary N) is 1. The third-order valence-electron chi connectivity index (χ3n) is 5.87. The summed E-state index contributed by atoms with van der Waals surface area (Å²) in [6.07, 6.45) is 1.95. The monoisotopic (exact) mass is 441 g/mol. The van der Waals surface area contributed by atoms with Crippen LogP contribution in [0.15, 0.2) is 29.3 Å². The maximum absolute atomic E-state index is 13.0. The maximum atomic E-state index is 13.0. The van der Waals surface area contributed by atoms with Gasteiger partial charge in [-0.15, -0.1) is 11.8 Å². The second-order valence-electron chi connectivity index (χ2n) is 8.37. The Kier molecular flexibility index (Phi) is 8.46. The van der Waals surface area contributed by atoms with Gasteiger partial charge in [0.25, 0.3) is 5.91 Å². The largest absolute Gasteiger partial charge is 0.348 e. The molecule has 31 heavy (non-hydrogen) atoms. The number of amides is 1. The Bertz CT molecular complexity index is 894. The minimum absolute atomic E-state index is 0.108. The van der Waals surface area contributed by atoms with Gasteiger partial charge in [0, 0.05) is 45.2 Å². The molecule has 1 fully saturated rings. The molecule has 0 spiro atoms. The molecule has 3 rings (SSSR count). The lowest BCUT2D eigenvalue weighted by Gasteiger charge is -2.34. The second kappa shape index (κ2) is 11.1. The second-order valence-corrected chi connectivity index (χ2v) is 9.16. The van der Waals surface area contributed by atoms with Crippen LogP contribution in [0.3, 0.4) is 0 Å². The molecule has 1 saturated heterocycles. The van der Waals surface area contributed by atoms with Gasteiger partial charge < -0.3 is 10.2 Å². The lowest BCUT2D eigenvalue weighted by atomic mass is 10.1. The summed E-state index contributed by atoms with van der Waals surface area (Å²) in [7, 11) is 0. The van der Waals surface area contributed by atoms with Gasteiger partial charge >= 0.3 is 0 Å². The lowest BCUT2D eigenvalue weighted by Crippen LogP contribution is -2.45. The van der Waals surface area contributed by atoms with E-state index in [0.717, 1.165) is 61.4 Å². The average molecular weight is 442 g/mol. The molecule has 0 bridgehead atoms. The fourth-order valence-corrected chi connectivity index (χ4v) is 4.52. The Hall–Kier alpha value is -1.96. The van der Waals surface area contributed by atoms with Crippen molar-refractivity contribution in [3.8, 4) is 0 Å². The molecule has 0 saturated carbocycles. The zero-order valence-electron chi connectivity index (χ0n) is 19.4. The summed E-state index contributed by atoms with van der Waals surface area (Å²) < 4.78 is 0. The molecule has 0 aliphatic carbocycles. The van der Waals surface area contributed by atoms with E-state index < -0.39 is 0 Å². The van der Waals surface area contributed by atoms with E-state index in [1.807, 2.05) is 19.2 Å². The van der Waals surface area contributed by atoms with Crippen molar-refractivity contribution in [1.82, 2.24) is 25.1 Å². The first kappa shape index (κ1) is 23.7. The van der Waals surface area contributed by atoms with Crippen molar-refractivity contribution in [1.29, 1.82) is 0 Å². The van der Waals surface area contributed by atoms with E-state index in [4.69, 9.17) is 0 Å². The average Bonchev–Trinajstić information content (AvgIpc) is 2.78. The van der Waals surface area contributed by atoms with Crippen LogP contribution >= 0.6 is 11.8 Å². The van der Waals surface area contributed by atoms with Crippen molar-refractivity contribution >= 4 is 17.7 Å². The summed E-state index contributed by atoms with van der Waals surface area (Å²) in [5.41, 5.74) is 3.77. The summed E-state index contributed by atoms with van der Waals surface area (Å²) in [5, 5.41) is 3.86. The molecule has 2 heterocycles. The van der Waals surface area contributed by atoms with Crippen molar-refractivity contribution < 1.29 is 4.79 Å². The molecule has 1 aromatic carbocycles. The highest BCUT2D eigenvalue weighted by Crippen LogP contribution is 2.23. The number of hydrogen-bond donors (Lipinski definition) is 1. The predicted molar refractivity (Wildman–Crippen MR) is 128 cm³/mol. The van der Waals surface area contributed by atoms with Crippen LogP contribution in [0.25, 0.3) is 0 Å². The molecule has 2 aromatic rings. The quantitative estimate of drug-likeness (QED) is 0.498. The number of nitrogens with zero attached hydrogens (tertiary/aromatic N) is 4. The van der Waals surface area contributed by atoms with E-state index in [1.54, 1.807) is 0 Å². The Morgan fingerprint density at radius 2 is 1.74 bits per heavy atom. The number of aryl methyl sites for hydroxylation is 1. The van der Waals surface area contributed by atoms with Crippen LogP contribution in [0.4, 0.5) is 0 Å². The highest BCUT2D eigenvalue weighted by atomic mass is 32.2. The number of carbonyl (C=O) groups excluding carboxylic acids is 1. The fourth-order valence-electron chi connectivity index (χ4n) is 3.89. The zero-order chi connectivity index (χ0) is 22.4. The number of carbonyl (C=O) groups is 1. The number of likely N-dealkylation sites (N-methyl/N-ethyl adjacent to an activating group) is 1. The SMILES string of the molecule is CCN1CCN(Cc2ccccc2CNC(=O)c2c(C)nc(C(C)C)nc2SC)CC1. The Morgan fingerprint density at radius 3 is 2.35 bits per heavy atom. The van der Waals surface area contributed by atoms with Crippen LogP contribution in [0.2, 0.25) is 0 Å². The van der Waals surface area contributed by atoms with Crippen molar-refractivity contribution in [3.63, 3.8) is 0 Å². The first-order chi connectivity index (χ1) is 14.9. The predicted octanol–water partition coefficient (Wildman–Crippen LogP) is 3.70. The number of benzene rings is 1. The molecule has 6 nitrogen and oxygen atoms in total. The van der Waals surface area contributed by atoms with Crippen LogP contribution in [0, 0.1) is 6.92 Å². The molecule has 0 radical (unpaired) electrons. The highest BCUT2D eigenvalue weighted by Gasteiger charge is 2.20. The molecule has 7 heteroatoms. The maximum Gasteiger partial charge on any atom is 0.256 e. The first-order valence-corrected chi connectivity index (χ1v) is 12.4. The van der Waals surface area contributed by atoms with E-state index in [9.17, 15) is 4.79 Å². The number of rotatable bonds is 8. The van der Waals surface area contributed by atoms with Gasteiger partial charge in [0.15, 0.2) is 0 Å². The van der Waals surface area contributed by atoms with Crippen LogP contribution in [-0.4, -0.2) is 64.7 Å². The molecule has 168 valence electrons. The molecule has 0 unspecified atom stereocenters. The van der Waals surface area contributed by atoms with Gasteiger partial charge in [0.1, 0.15) is 10.9 Å². The molecule has 1 amide bonds. The van der Waals surface area contributed by atoms with Crippen molar-refractivity contribution in [2.45, 2.75) is 51.7 Å². The van der Waals surface area contributed by atoms with Gasteiger partial charge in [-0.25, -0.2) is 9.97 Å². The molecular formula is C24H35N5OS. The van der Waals surface area contributed by atoms with Crippen molar-refractivity contribution in [2.75, 3.05) is 39.0 Å². The minimum atomic E-state index is -0.108.